The quantitative estimate of drug-likeness (QED) is 0.245. The van der Waals surface area contributed by atoms with E-state index < -0.39 is 14.4 Å². The van der Waals surface area contributed by atoms with Gasteiger partial charge < -0.3 is 0 Å². The molecule has 1 nitrogen and oxygen atoms in total. The van der Waals surface area contributed by atoms with Gasteiger partial charge in [-0.05, 0) is 0 Å². The van der Waals surface area contributed by atoms with Crippen LogP contribution >= 0.6 is 0 Å². The van der Waals surface area contributed by atoms with Gasteiger partial charge in [0.2, 0.25) is 0 Å². The molecule has 36 heavy (non-hydrogen) atoms. The molecule has 2 aliphatic rings. The van der Waals surface area contributed by atoms with Crippen molar-refractivity contribution in [2.24, 2.45) is 0 Å². The van der Waals surface area contributed by atoms with E-state index in [1.807, 2.05) is 0 Å². The Morgan fingerprint density at radius 3 is 1.94 bits per heavy atom. The average Bonchev–Trinajstić information content (AvgIpc) is 3.60. The van der Waals surface area contributed by atoms with E-state index >= 15 is 0 Å². The molecule has 4 aromatic carbocycles. The number of fused-ring (bicyclic) bond motifs is 3. The minimum absolute atomic E-state index is 0.925. The Morgan fingerprint density at radius 1 is 0.750 bits per heavy atom. The zero-order valence-electron chi connectivity index (χ0n) is 21.5. The van der Waals surface area contributed by atoms with Crippen LogP contribution in [0.3, 0.4) is 0 Å². The van der Waals surface area contributed by atoms with Gasteiger partial charge in [0.1, 0.15) is 0 Å². The van der Waals surface area contributed by atoms with Gasteiger partial charge in [-0.15, -0.1) is 0 Å². The summed E-state index contributed by atoms with van der Waals surface area (Å²) < 4.78 is 17.4. The SMILES string of the molecule is COc1cc[c]([Zr]([CH3])([CH3])(=[SiH2])([C]2=CC=CC2)([c]2ccccc2)[c]2ccccc2)c2c1-c1ccccc1C2. The Bertz CT molecular complexity index is 1690. The second-order valence-electron chi connectivity index (χ2n) is 12.7. The van der Waals surface area contributed by atoms with Crippen LogP contribution in [0.4, 0.5) is 0 Å². The van der Waals surface area contributed by atoms with Crippen LogP contribution in [0.2, 0.25) is 9.26 Å². The molecule has 3 heteroatoms. The van der Waals surface area contributed by atoms with Crippen molar-refractivity contribution < 1.29 is 19.2 Å². The molecule has 0 spiro atoms. The van der Waals surface area contributed by atoms with E-state index in [9.17, 15) is 0 Å². The number of hydrogen-bond donors (Lipinski definition) is 0. The van der Waals surface area contributed by atoms with E-state index in [4.69, 9.17) is 4.74 Å². The fourth-order valence-corrected chi connectivity index (χ4v) is 37.0. The first-order valence-electron chi connectivity index (χ1n) is 12.9. The minimum atomic E-state index is -5.52. The zero-order valence-corrected chi connectivity index (χ0v) is 25.4. The third-order valence-electron chi connectivity index (χ3n) is 10.4. The summed E-state index contributed by atoms with van der Waals surface area (Å²) in [6, 6.07) is 36.3. The summed E-state index contributed by atoms with van der Waals surface area (Å²) >= 11 is -5.52. The number of benzene rings is 4. The molecule has 0 aromatic heterocycles. The number of ether oxygens (including phenoxy) is 1. The van der Waals surface area contributed by atoms with Crippen molar-refractivity contribution >= 4 is 16.7 Å². The number of allylic oxidation sites excluding steroid dienone is 4. The van der Waals surface area contributed by atoms with E-state index in [1.54, 1.807) is 10.4 Å². The Morgan fingerprint density at radius 2 is 1.36 bits per heavy atom. The van der Waals surface area contributed by atoms with Crippen molar-refractivity contribution in [3.8, 4) is 16.9 Å². The number of rotatable bonds is 5. The van der Waals surface area contributed by atoms with Crippen molar-refractivity contribution in [3.05, 3.63) is 130 Å². The van der Waals surface area contributed by atoms with Gasteiger partial charge in [0.05, 0.1) is 0 Å². The van der Waals surface area contributed by atoms with Crippen LogP contribution in [0, 0.1) is 0 Å². The first kappa shape index (κ1) is 23.6. The Kier molecular flexibility index (Phi) is 4.58. The molecule has 0 fully saturated rings. The molecule has 180 valence electrons. The second kappa shape index (κ2) is 6.97. The van der Waals surface area contributed by atoms with E-state index in [0.717, 1.165) is 18.6 Å². The molecule has 0 bridgehead atoms. The maximum absolute atomic E-state index is 6.01. The van der Waals surface area contributed by atoms with Gasteiger partial charge in [-0.2, -0.15) is 0 Å². The van der Waals surface area contributed by atoms with Gasteiger partial charge >= 0.3 is 212 Å². The first-order valence-corrected chi connectivity index (χ1v) is 28.7. The molecule has 2 aliphatic carbocycles. The predicted octanol–water partition coefficient (Wildman–Crippen LogP) is 5.79. The monoisotopic (exact) mass is 564 g/mol. The van der Waals surface area contributed by atoms with Crippen molar-refractivity contribution in [2.75, 3.05) is 7.11 Å². The maximum atomic E-state index is 6.01. The molecule has 0 aliphatic heterocycles. The molecule has 4 aromatic rings. The second-order valence-corrected chi connectivity index (χ2v) is 58.1. The van der Waals surface area contributed by atoms with Crippen molar-refractivity contribution in [1.82, 2.24) is 0 Å². The third kappa shape index (κ3) is 2.54. The van der Waals surface area contributed by atoms with Crippen molar-refractivity contribution in [1.29, 1.82) is 0 Å². The van der Waals surface area contributed by atoms with Crippen LogP contribution in [0.1, 0.15) is 17.5 Å². The number of hydrogen-bond acceptors (Lipinski definition) is 1. The fourth-order valence-electron chi connectivity index (χ4n) is 7.90. The summed E-state index contributed by atoms with van der Waals surface area (Å²) in [5.41, 5.74) is 5.39. The van der Waals surface area contributed by atoms with Crippen molar-refractivity contribution in [2.45, 2.75) is 22.1 Å². The van der Waals surface area contributed by atoms with E-state index in [1.165, 1.54) is 32.1 Å². The average molecular weight is 566 g/mol. The van der Waals surface area contributed by atoms with Crippen LogP contribution < -0.4 is 14.6 Å². The summed E-state index contributed by atoms with van der Waals surface area (Å²) in [5.74, 6) is 0.967. The van der Waals surface area contributed by atoms with Crippen LogP contribution in [0.15, 0.2) is 119 Å². The molecular formula is C33H34OSiZr. The van der Waals surface area contributed by atoms with E-state index in [0.29, 0.717) is 0 Å². The Balaban J connectivity index is 1.92. The summed E-state index contributed by atoms with van der Waals surface area (Å²) in [4.78, 5) is 0. The van der Waals surface area contributed by atoms with E-state index in [-0.39, 0.29) is 0 Å². The fraction of sp³-hybridized carbons (Fsp3) is 0.152. The molecule has 0 atom stereocenters. The number of methoxy groups -OCH3 is 1. The normalized spacial score (nSPS) is 17.2. The van der Waals surface area contributed by atoms with Gasteiger partial charge in [0, 0.05) is 0 Å². The Hall–Kier alpha value is -2.74. The molecule has 0 N–H and O–H groups in total. The summed E-state index contributed by atoms with van der Waals surface area (Å²) in [6.07, 6.45) is 8.94. The van der Waals surface area contributed by atoms with Gasteiger partial charge in [0.25, 0.3) is 0 Å². The first-order chi connectivity index (χ1) is 17.2. The molecule has 0 radical (unpaired) electrons. The van der Waals surface area contributed by atoms with E-state index in [2.05, 4.69) is 131 Å². The van der Waals surface area contributed by atoms with Gasteiger partial charge in [0.15, 0.2) is 0 Å². The Labute approximate surface area is 210 Å². The molecule has 0 amide bonds. The van der Waals surface area contributed by atoms with Gasteiger partial charge in [-0.25, -0.2) is 0 Å². The van der Waals surface area contributed by atoms with Crippen LogP contribution in [-0.2, 0) is 20.9 Å². The van der Waals surface area contributed by atoms with Gasteiger partial charge in [-0.3, -0.25) is 0 Å². The topological polar surface area (TPSA) is 9.23 Å². The molecule has 0 unspecified atom stereocenters. The summed E-state index contributed by atoms with van der Waals surface area (Å²) in [7, 11) is 1.80. The van der Waals surface area contributed by atoms with Crippen LogP contribution in [0.5, 0.6) is 5.75 Å². The molecule has 0 saturated heterocycles. The van der Waals surface area contributed by atoms with Gasteiger partial charge in [-0.1, -0.05) is 0 Å². The summed E-state index contributed by atoms with van der Waals surface area (Å²) in [5, 5.41) is 0. The van der Waals surface area contributed by atoms with Crippen LogP contribution in [0.25, 0.3) is 11.1 Å². The molecule has 0 saturated carbocycles. The van der Waals surface area contributed by atoms with Crippen molar-refractivity contribution in [3.63, 3.8) is 0 Å². The standard InChI is InChI=1S/C14H11O.2C6H5.C5H5.2CH3.H2Si.Zr/c1-15-13-8-4-6-11-9-10-5-2-3-7-12(10)14(11)13;2*1-2-4-6-5-3-1;1-2-4-5-3-1;;;;/h2-5,7-8H,9H2,1H3;2*1-5H;1-3H,4H2;2*1H3;1H2;. The van der Waals surface area contributed by atoms with Crippen LogP contribution in [-0.4, -0.2) is 14.0 Å². The molecule has 6 rings (SSSR count). The molecule has 0 heterocycles. The molecular weight excluding hydrogens is 532 g/mol. The zero-order chi connectivity index (χ0) is 25.1. The summed E-state index contributed by atoms with van der Waals surface area (Å²) in [6.45, 7) is 2.34. The predicted molar refractivity (Wildman–Crippen MR) is 155 cm³/mol. The third-order valence-corrected chi connectivity index (χ3v) is 48.0.